The highest BCUT2D eigenvalue weighted by molar-refractivity contribution is 6.28. The van der Waals surface area contributed by atoms with Crippen molar-refractivity contribution in [3.8, 4) is 0 Å². The maximum Gasteiger partial charge on any atom is 0.194 e. The third-order valence-electron chi connectivity index (χ3n) is 6.49. The number of unbranched alkanes of at least 4 members (excludes halogenated alkanes) is 9. The smallest absolute Gasteiger partial charge is 0.194 e. The maximum absolute atomic E-state index is 12.1. The molecule has 4 rings (SSSR count). The van der Waals surface area contributed by atoms with Gasteiger partial charge in [-0.05, 0) is 18.4 Å². The fourth-order valence-corrected chi connectivity index (χ4v) is 4.51. The SMILES string of the molecule is CCCCCCCCCCCCc1ccccc1.O=C1c2ccccc2C(=O)c2ccccc21. The Hall–Kier alpha value is -3.00. The fourth-order valence-electron chi connectivity index (χ4n) is 4.51. The van der Waals surface area contributed by atoms with Crippen LogP contribution in [0.25, 0.3) is 0 Å². The van der Waals surface area contributed by atoms with E-state index in [1.807, 2.05) is 0 Å². The van der Waals surface area contributed by atoms with Crippen LogP contribution in [0.2, 0.25) is 0 Å². The monoisotopic (exact) mass is 454 g/mol. The van der Waals surface area contributed by atoms with Crippen molar-refractivity contribution in [2.45, 2.75) is 77.6 Å². The van der Waals surface area contributed by atoms with Crippen LogP contribution >= 0.6 is 0 Å². The van der Waals surface area contributed by atoms with Gasteiger partial charge in [-0.1, -0.05) is 144 Å². The number of rotatable bonds is 11. The number of ketones is 2. The summed E-state index contributed by atoms with van der Waals surface area (Å²) in [5.41, 5.74) is 3.52. The molecule has 2 heteroatoms. The number of hydrogen-bond donors (Lipinski definition) is 0. The van der Waals surface area contributed by atoms with Crippen molar-refractivity contribution in [1.82, 2.24) is 0 Å². The predicted molar refractivity (Wildman–Crippen MR) is 142 cm³/mol. The van der Waals surface area contributed by atoms with E-state index in [-0.39, 0.29) is 11.6 Å². The zero-order valence-corrected chi connectivity index (χ0v) is 20.6. The first-order valence-corrected chi connectivity index (χ1v) is 13.0. The molecule has 0 aliphatic heterocycles. The second-order valence-corrected chi connectivity index (χ2v) is 9.17. The molecule has 0 unspecified atom stereocenters. The predicted octanol–water partition coefficient (Wildman–Crippen LogP) is 8.61. The van der Waals surface area contributed by atoms with E-state index in [9.17, 15) is 9.59 Å². The molecule has 0 spiro atoms. The highest BCUT2D eigenvalue weighted by Gasteiger charge is 2.28. The topological polar surface area (TPSA) is 34.1 Å². The van der Waals surface area contributed by atoms with Crippen molar-refractivity contribution < 1.29 is 9.59 Å². The summed E-state index contributed by atoms with van der Waals surface area (Å²) in [6.45, 7) is 2.28. The van der Waals surface area contributed by atoms with Gasteiger partial charge in [-0.25, -0.2) is 0 Å². The molecule has 0 atom stereocenters. The molecule has 1 aliphatic carbocycles. The van der Waals surface area contributed by atoms with Gasteiger partial charge in [0.1, 0.15) is 0 Å². The molecule has 0 N–H and O–H groups in total. The largest absolute Gasteiger partial charge is 0.289 e. The zero-order chi connectivity index (χ0) is 24.0. The summed E-state index contributed by atoms with van der Waals surface area (Å²) in [5, 5.41) is 0. The Morgan fingerprint density at radius 1 is 0.441 bits per heavy atom. The molecule has 0 saturated heterocycles. The third-order valence-corrected chi connectivity index (χ3v) is 6.49. The summed E-state index contributed by atoms with van der Waals surface area (Å²) in [4.78, 5) is 24.2. The normalized spacial score (nSPS) is 11.9. The molecule has 1 aliphatic rings. The van der Waals surface area contributed by atoms with Crippen molar-refractivity contribution in [3.05, 3.63) is 107 Å². The van der Waals surface area contributed by atoms with E-state index in [1.165, 1.54) is 76.2 Å². The van der Waals surface area contributed by atoms with E-state index >= 15 is 0 Å². The molecule has 0 heterocycles. The number of benzene rings is 3. The first-order chi connectivity index (χ1) is 16.7. The van der Waals surface area contributed by atoms with Crippen LogP contribution in [-0.4, -0.2) is 11.6 Å². The maximum atomic E-state index is 12.1. The summed E-state index contributed by atoms with van der Waals surface area (Å²) in [6.07, 6.45) is 15.5. The Labute approximate surface area is 205 Å². The van der Waals surface area contributed by atoms with Crippen LogP contribution in [0, 0.1) is 0 Å². The van der Waals surface area contributed by atoms with E-state index in [0.717, 1.165) is 0 Å². The van der Waals surface area contributed by atoms with E-state index in [2.05, 4.69) is 37.3 Å². The lowest BCUT2D eigenvalue weighted by Crippen LogP contribution is -2.20. The van der Waals surface area contributed by atoms with Crippen molar-refractivity contribution in [1.29, 1.82) is 0 Å². The van der Waals surface area contributed by atoms with Crippen molar-refractivity contribution in [2.24, 2.45) is 0 Å². The van der Waals surface area contributed by atoms with Gasteiger partial charge in [0.15, 0.2) is 11.6 Å². The lowest BCUT2D eigenvalue weighted by atomic mass is 9.84. The standard InChI is InChI=1S/C18H30.C14H8O2/c1-2-3-4-5-6-7-8-9-10-12-15-18-16-13-11-14-17-18;15-13-9-5-1-2-6-10(9)14(16)12-8-4-3-7-11(12)13/h11,13-14,16-17H,2-10,12,15H2,1H3;1-8H. The van der Waals surface area contributed by atoms with Gasteiger partial charge in [0, 0.05) is 22.3 Å². The molecule has 178 valence electrons. The van der Waals surface area contributed by atoms with Crippen LogP contribution in [0.3, 0.4) is 0 Å². The van der Waals surface area contributed by atoms with Crippen LogP contribution in [0.4, 0.5) is 0 Å². The number of carbonyl (C=O) groups is 2. The van der Waals surface area contributed by atoms with Gasteiger partial charge in [-0.15, -0.1) is 0 Å². The van der Waals surface area contributed by atoms with Crippen LogP contribution < -0.4 is 0 Å². The molecular formula is C32H38O2. The average Bonchev–Trinajstić information content (AvgIpc) is 2.89. The lowest BCUT2D eigenvalue weighted by molar-refractivity contribution is 0.0979. The highest BCUT2D eigenvalue weighted by Crippen LogP contribution is 2.26. The number of carbonyl (C=O) groups excluding carboxylic acids is 2. The fraction of sp³-hybridized carbons (Fsp3) is 0.375. The average molecular weight is 455 g/mol. The summed E-state index contributed by atoms with van der Waals surface area (Å²) < 4.78 is 0. The Morgan fingerprint density at radius 3 is 1.21 bits per heavy atom. The highest BCUT2D eigenvalue weighted by atomic mass is 16.1. The zero-order valence-electron chi connectivity index (χ0n) is 20.6. The van der Waals surface area contributed by atoms with Gasteiger partial charge in [-0.2, -0.15) is 0 Å². The summed E-state index contributed by atoms with van der Waals surface area (Å²) in [7, 11) is 0. The lowest BCUT2D eigenvalue weighted by Gasteiger charge is -2.16. The van der Waals surface area contributed by atoms with Gasteiger partial charge in [0.05, 0.1) is 0 Å². The minimum atomic E-state index is -0.0641. The minimum Gasteiger partial charge on any atom is -0.289 e. The molecule has 0 fully saturated rings. The van der Waals surface area contributed by atoms with Gasteiger partial charge < -0.3 is 0 Å². The Morgan fingerprint density at radius 2 is 0.794 bits per heavy atom. The summed E-state index contributed by atoms with van der Waals surface area (Å²) in [5.74, 6) is -0.128. The number of aryl methyl sites for hydroxylation is 1. The van der Waals surface area contributed by atoms with Crippen molar-refractivity contribution in [2.75, 3.05) is 0 Å². The molecule has 0 bridgehead atoms. The minimum absolute atomic E-state index is 0.0641. The molecule has 0 radical (unpaired) electrons. The molecule has 0 saturated carbocycles. The Kier molecular flexibility index (Phi) is 10.8. The molecule has 3 aromatic rings. The van der Waals surface area contributed by atoms with E-state index in [4.69, 9.17) is 0 Å². The van der Waals surface area contributed by atoms with Gasteiger partial charge in [-0.3, -0.25) is 9.59 Å². The quantitative estimate of drug-likeness (QED) is 0.213. The van der Waals surface area contributed by atoms with Crippen LogP contribution in [0.5, 0.6) is 0 Å². The Bertz CT molecular complexity index is 930. The van der Waals surface area contributed by atoms with Crippen molar-refractivity contribution in [3.63, 3.8) is 0 Å². The van der Waals surface area contributed by atoms with Gasteiger partial charge in [0.25, 0.3) is 0 Å². The molecule has 3 aromatic carbocycles. The van der Waals surface area contributed by atoms with E-state index < -0.39 is 0 Å². The number of hydrogen-bond acceptors (Lipinski definition) is 2. The summed E-state index contributed by atoms with van der Waals surface area (Å²) >= 11 is 0. The van der Waals surface area contributed by atoms with E-state index in [1.54, 1.807) is 48.5 Å². The Balaban J connectivity index is 0.000000191. The first kappa shape index (κ1) is 25.6. The molecule has 34 heavy (non-hydrogen) atoms. The second kappa shape index (κ2) is 14.3. The van der Waals surface area contributed by atoms with Crippen molar-refractivity contribution >= 4 is 11.6 Å². The molecule has 2 nitrogen and oxygen atoms in total. The van der Waals surface area contributed by atoms with E-state index in [0.29, 0.717) is 22.3 Å². The third kappa shape index (κ3) is 7.52. The van der Waals surface area contributed by atoms with Crippen LogP contribution in [0.15, 0.2) is 78.9 Å². The van der Waals surface area contributed by atoms with Crippen LogP contribution in [-0.2, 0) is 6.42 Å². The van der Waals surface area contributed by atoms with Gasteiger partial charge in [0.2, 0.25) is 0 Å². The van der Waals surface area contributed by atoms with Gasteiger partial charge >= 0.3 is 0 Å². The van der Waals surface area contributed by atoms with Crippen LogP contribution in [0.1, 0.15) is 109 Å². The first-order valence-electron chi connectivity index (χ1n) is 13.0. The molecular weight excluding hydrogens is 416 g/mol. The summed E-state index contributed by atoms with van der Waals surface area (Å²) in [6, 6.07) is 24.8. The molecule has 0 amide bonds. The number of fused-ring (bicyclic) bond motifs is 2. The molecule has 0 aromatic heterocycles. The second-order valence-electron chi connectivity index (χ2n) is 9.17.